The van der Waals surface area contributed by atoms with Gasteiger partial charge >= 0.3 is 11.9 Å². The van der Waals surface area contributed by atoms with Crippen molar-refractivity contribution in [1.82, 2.24) is 0 Å². The van der Waals surface area contributed by atoms with Crippen molar-refractivity contribution >= 4 is 11.9 Å². The minimum Gasteiger partial charge on any atom is -0.479 e. The molecule has 2 aromatic rings. The molecule has 127 valence electrons. The van der Waals surface area contributed by atoms with Gasteiger partial charge in [0.15, 0.2) is 12.2 Å². The summed E-state index contributed by atoms with van der Waals surface area (Å²) >= 11 is 0. The van der Waals surface area contributed by atoms with Crippen LogP contribution in [0.4, 0.5) is 0 Å². The topological polar surface area (TPSA) is 115 Å². The van der Waals surface area contributed by atoms with E-state index in [-0.39, 0.29) is 17.1 Å². The van der Waals surface area contributed by atoms with Crippen molar-refractivity contribution in [2.24, 2.45) is 0 Å². The maximum Gasteiger partial charge on any atom is 0.337 e. The van der Waals surface area contributed by atoms with Gasteiger partial charge in [-0.25, -0.2) is 9.59 Å². The zero-order valence-electron chi connectivity index (χ0n) is 11.8. The Morgan fingerprint density at radius 3 is 1.13 bits per heavy atom. The molecule has 7 heteroatoms. The molecule has 0 spiro atoms. The van der Waals surface area contributed by atoms with Crippen LogP contribution in [0.1, 0.15) is 23.3 Å². The van der Waals surface area contributed by atoms with E-state index in [1.54, 1.807) is 60.7 Å². The Morgan fingerprint density at radius 1 is 0.652 bits per heavy atom. The maximum atomic E-state index is 10.2. The average Bonchev–Trinajstić information content (AvgIpc) is 2.55. The molecule has 0 heterocycles. The normalized spacial score (nSPS) is 11.9. The molecule has 6 nitrogen and oxygen atoms in total. The largest absolute Gasteiger partial charge is 0.479 e. The van der Waals surface area contributed by atoms with Gasteiger partial charge in [-0.1, -0.05) is 60.7 Å². The molecule has 0 aromatic heterocycles. The number of carboxylic acid groups (broad SMARTS) is 2. The van der Waals surface area contributed by atoms with E-state index in [0.29, 0.717) is 11.1 Å². The molecule has 2 unspecified atom stereocenters. The van der Waals surface area contributed by atoms with Crippen molar-refractivity contribution in [2.75, 3.05) is 0 Å². The predicted octanol–water partition coefficient (Wildman–Crippen LogP) is 1.61. The quantitative estimate of drug-likeness (QED) is 0.610. The van der Waals surface area contributed by atoms with Crippen LogP contribution in [0.15, 0.2) is 60.7 Å². The average molecular weight is 368 g/mol. The summed E-state index contributed by atoms with van der Waals surface area (Å²) in [5.41, 5.74) is 0.806. The van der Waals surface area contributed by atoms with Crippen LogP contribution < -0.4 is 0 Å². The van der Waals surface area contributed by atoms with Crippen molar-refractivity contribution in [3.05, 3.63) is 71.8 Å². The summed E-state index contributed by atoms with van der Waals surface area (Å²) in [5.74, 6) is -2.45. The molecule has 2 atom stereocenters. The van der Waals surface area contributed by atoms with E-state index in [1.807, 2.05) is 0 Å². The molecule has 2 aromatic carbocycles. The zero-order valence-corrected chi connectivity index (χ0v) is 12.8. The summed E-state index contributed by atoms with van der Waals surface area (Å²) in [6, 6.07) is 16.5. The first kappa shape index (κ1) is 20.8. The van der Waals surface area contributed by atoms with Crippen LogP contribution in [0.25, 0.3) is 0 Å². The Kier molecular flexibility index (Phi) is 9.53. The van der Waals surface area contributed by atoms with Gasteiger partial charge in [-0.15, -0.1) is 0 Å². The molecule has 4 N–H and O–H groups in total. The number of aliphatic hydroxyl groups excluding tert-OH is 2. The summed E-state index contributed by atoms with van der Waals surface area (Å²) in [7, 11) is 0. The smallest absolute Gasteiger partial charge is 0.337 e. The SMILES string of the molecule is O=C(O)C(O)c1ccccc1.O=C(O)C(O)c1ccccc1.[Cu]. The second-order valence-electron chi connectivity index (χ2n) is 4.30. The number of rotatable bonds is 4. The van der Waals surface area contributed by atoms with Crippen LogP contribution in [0.3, 0.4) is 0 Å². The fourth-order valence-electron chi connectivity index (χ4n) is 1.56. The first-order chi connectivity index (χ1) is 10.4. The fraction of sp³-hybridized carbons (Fsp3) is 0.125. The molecule has 0 saturated heterocycles. The van der Waals surface area contributed by atoms with Gasteiger partial charge in [-0.05, 0) is 11.1 Å². The molecule has 0 aliphatic carbocycles. The Balaban J connectivity index is 0.000000403. The molecule has 1 radical (unpaired) electrons. The van der Waals surface area contributed by atoms with Gasteiger partial charge in [0.05, 0.1) is 0 Å². The van der Waals surface area contributed by atoms with Crippen LogP contribution in [-0.4, -0.2) is 32.4 Å². The number of carbonyl (C=O) groups is 2. The van der Waals surface area contributed by atoms with Crippen LogP contribution in [0.2, 0.25) is 0 Å². The van der Waals surface area contributed by atoms with E-state index in [2.05, 4.69) is 0 Å². The minimum absolute atomic E-state index is 0. The summed E-state index contributed by atoms with van der Waals surface area (Å²) in [5, 5.41) is 34.8. The Bertz CT molecular complexity index is 547. The molecule has 23 heavy (non-hydrogen) atoms. The predicted molar refractivity (Wildman–Crippen MR) is 78.1 cm³/mol. The van der Waals surface area contributed by atoms with E-state index >= 15 is 0 Å². The molecular formula is C16H16CuO6. The maximum absolute atomic E-state index is 10.2. The van der Waals surface area contributed by atoms with Crippen molar-refractivity contribution in [1.29, 1.82) is 0 Å². The van der Waals surface area contributed by atoms with Gasteiger partial charge in [0, 0.05) is 17.1 Å². The number of hydrogen-bond acceptors (Lipinski definition) is 4. The van der Waals surface area contributed by atoms with E-state index in [9.17, 15) is 9.59 Å². The molecule has 0 aliphatic rings. The van der Waals surface area contributed by atoms with E-state index in [0.717, 1.165) is 0 Å². The summed E-state index contributed by atoms with van der Waals surface area (Å²) in [4.78, 5) is 20.5. The third kappa shape index (κ3) is 7.08. The third-order valence-electron chi connectivity index (χ3n) is 2.70. The number of carboxylic acids is 2. The number of benzene rings is 2. The second-order valence-corrected chi connectivity index (χ2v) is 4.30. The van der Waals surface area contributed by atoms with Crippen molar-refractivity contribution in [3.8, 4) is 0 Å². The molecular weight excluding hydrogens is 352 g/mol. The van der Waals surface area contributed by atoms with Gasteiger partial charge < -0.3 is 20.4 Å². The van der Waals surface area contributed by atoms with E-state index in [4.69, 9.17) is 20.4 Å². The summed E-state index contributed by atoms with van der Waals surface area (Å²) in [6.45, 7) is 0. The van der Waals surface area contributed by atoms with Crippen LogP contribution in [0, 0.1) is 0 Å². The van der Waals surface area contributed by atoms with Crippen molar-refractivity contribution < 1.29 is 47.1 Å². The number of aliphatic hydroxyl groups is 2. The molecule has 0 aliphatic heterocycles. The van der Waals surface area contributed by atoms with Crippen molar-refractivity contribution in [3.63, 3.8) is 0 Å². The molecule has 2 rings (SSSR count). The zero-order chi connectivity index (χ0) is 16.5. The number of hydrogen-bond donors (Lipinski definition) is 4. The first-order valence-corrected chi connectivity index (χ1v) is 6.35. The van der Waals surface area contributed by atoms with Gasteiger partial charge in [-0.2, -0.15) is 0 Å². The Labute approximate surface area is 143 Å². The van der Waals surface area contributed by atoms with Gasteiger partial charge in [-0.3, -0.25) is 0 Å². The molecule has 0 amide bonds. The molecule has 0 fully saturated rings. The van der Waals surface area contributed by atoms with E-state index < -0.39 is 24.1 Å². The molecule has 0 bridgehead atoms. The molecule has 0 saturated carbocycles. The summed E-state index contributed by atoms with van der Waals surface area (Å²) < 4.78 is 0. The fourth-order valence-corrected chi connectivity index (χ4v) is 1.56. The Hall–Kier alpha value is -2.18. The standard InChI is InChI=1S/2C8H8O3.Cu/c2*9-7(8(10)11)6-4-2-1-3-5-6;/h2*1-5,7,9H,(H,10,11);. The van der Waals surface area contributed by atoms with Gasteiger partial charge in [0.25, 0.3) is 0 Å². The minimum atomic E-state index is -1.41. The first-order valence-electron chi connectivity index (χ1n) is 6.35. The third-order valence-corrected chi connectivity index (χ3v) is 2.70. The van der Waals surface area contributed by atoms with Crippen molar-refractivity contribution in [2.45, 2.75) is 12.2 Å². The van der Waals surface area contributed by atoms with Crippen LogP contribution in [0.5, 0.6) is 0 Å². The van der Waals surface area contributed by atoms with Crippen LogP contribution in [-0.2, 0) is 26.7 Å². The monoisotopic (exact) mass is 367 g/mol. The van der Waals surface area contributed by atoms with E-state index in [1.165, 1.54) is 0 Å². The summed E-state index contributed by atoms with van der Waals surface area (Å²) in [6.07, 6.45) is -2.81. The van der Waals surface area contributed by atoms with Crippen LogP contribution >= 0.6 is 0 Å². The second kappa shape index (κ2) is 10.5. The van der Waals surface area contributed by atoms with Gasteiger partial charge in [0.1, 0.15) is 0 Å². The Morgan fingerprint density at radius 2 is 0.913 bits per heavy atom. The number of aliphatic carboxylic acids is 2. The van der Waals surface area contributed by atoms with Gasteiger partial charge in [0.2, 0.25) is 0 Å².